The number of carbonyl (C=O) groups is 1. The minimum atomic E-state index is -0.169. The molecular formula is C21H22N4O. The largest absolute Gasteiger partial charge is 0.363 e. The van der Waals surface area contributed by atoms with Crippen LogP contribution in [0.5, 0.6) is 0 Å². The van der Waals surface area contributed by atoms with E-state index in [0.29, 0.717) is 17.3 Å². The van der Waals surface area contributed by atoms with Crippen molar-refractivity contribution in [1.82, 2.24) is 9.97 Å². The lowest BCUT2D eigenvalue weighted by Gasteiger charge is -2.19. The van der Waals surface area contributed by atoms with E-state index in [1.54, 1.807) is 24.9 Å². The zero-order valence-electron chi connectivity index (χ0n) is 15.2. The molecule has 0 spiro atoms. The number of para-hydroxylation sites is 1. The standard InChI is InChI=1S/C21H22N4O/c1-15(17-10-6-4-7-11-17)22-20-14-19(23-16(2)24-20)21(26)25(3)18-12-8-5-9-13-18/h4-15H,1-3H3,(H,22,23,24). The maximum atomic E-state index is 12.8. The van der Waals surface area contributed by atoms with Crippen molar-refractivity contribution in [2.45, 2.75) is 19.9 Å². The third-order valence-electron chi connectivity index (χ3n) is 4.17. The molecule has 0 fully saturated rings. The summed E-state index contributed by atoms with van der Waals surface area (Å²) in [6.07, 6.45) is 0. The second kappa shape index (κ2) is 7.78. The molecule has 5 heteroatoms. The van der Waals surface area contributed by atoms with Crippen LogP contribution in [0.4, 0.5) is 11.5 Å². The Morgan fingerprint density at radius 1 is 1.00 bits per heavy atom. The topological polar surface area (TPSA) is 58.1 Å². The van der Waals surface area contributed by atoms with E-state index in [1.807, 2.05) is 48.5 Å². The van der Waals surface area contributed by atoms with Crippen molar-refractivity contribution in [3.8, 4) is 0 Å². The molecule has 0 aliphatic rings. The maximum absolute atomic E-state index is 12.8. The van der Waals surface area contributed by atoms with Crippen LogP contribution in [0.15, 0.2) is 66.7 Å². The summed E-state index contributed by atoms with van der Waals surface area (Å²) in [5.41, 5.74) is 2.34. The molecule has 1 aromatic heterocycles. The number of anilines is 2. The number of benzene rings is 2. The zero-order valence-corrected chi connectivity index (χ0v) is 15.2. The molecule has 132 valence electrons. The summed E-state index contributed by atoms with van der Waals surface area (Å²) in [5.74, 6) is 1.02. The van der Waals surface area contributed by atoms with Crippen LogP contribution in [0, 0.1) is 6.92 Å². The van der Waals surface area contributed by atoms with Crippen LogP contribution < -0.4 is 10.2 Å². The first kappa shape index (κ1) is 17.6. The third kappa shape index (κ3) is 4.06. The predicted octanol–water partition coefficient (Wildman–Crippen LogP) is 4.23. The Balaban J connectivity index is 1.82. The van der Waals surface area contributed by atoms with Gasteiger partial charge in [-0.2, -0.15) is 0 Å². The van der Waals surface area contributed by atoms with Crippen LogP contribution in [-0.4, -0.2) is 22.9 Å². The molecule has 0 saturated heterocycles. The molecule has 5 nitrogen and oxygen atoms in total. The third-order valence-corrected chi connectivity index (χ3v) is 4.17. The van der Waals surface area contributed by atoms with E-state index in [1.165, 1.54) is 0 Å². The molecule has 1 amide bonds. The smallest absolute Gasteiger partial charge is 0.276 e. The summed E-state index contributed by atoms with van der Waals surface area (Å²) in [5, 5.41) is 3.35. The van der Waals surface area contributed by atoms with Gasteiger partial charge in [-0.3, -0.25) is 4.79 Å². The van der Waals surface area contributed by atoms with Crippen LogP contribution in [-0.2, 0) is 0 Å². The molecule has 0 aliphatic heterocycles. The lowest BCUT2D eigenvalue weighted by Crippen LogP contribution is -2.27. The highest BCUT2D eigenvalue weighted by Crippen LogP contribution is 2.20. The summed E-state index contributed by atoms with van der Waals surface area (Å²) < 4.78 is 0. The summed E-state index contributed by atoms with van der Waals surface area (Å²) >= 11 is 0. The Hall–Kier alpha value is -3.21. The Bertz CT molecular complexity index is 881. The van der Waals surface area contributed by atoms with Crippen LogP contribution >= 0.6 is 0 Å². The van der Waals surface area contributed by atoms with Crippen molar-refractivity contribution in [3.63, 3.8) is 0 Å². The van der Waals surface area contributed by atoms with Gasteiger partial charge in [-0.1, -0.05) is 48.5 Å². The molecule has 1 N–H and O–H groups in total. The fraction of sp³-hybridized carbons (Fsp3) is 0.190. The van der Waals surface area contributed by atoms with Gasteiger partial charge >= 0.3 is 0 Å². The highest BCUT2D eigenvalue weighted by molar-refractivity contribution is 6.04. The van der Waals surface area contributed by atoms with Crippen molar-refractivity contribution >= 4 is 17.4 Å². The van der Waals surface area contributed by atoms with Crippen LogP contribution in [0.2, 0.25) is 0 Å². The van der Waals surface area contributed by atoms with E-state index < -0.39 is 0 Å². The number of aryl methyl sites for hydroxylation is 1. The molecule has 1 heterocycles. The molecule has 0 aliphatic carbocycles. The van der Waals surface area contributed by atoms with E-state index in [2.05, 4.69) is 34.3 Å². The number of hydrogen-bond donors (Lipinski definition) is 1. The molecule has 26 heavy (non-hydrogen) atoms. The average Bonchev–Trinajstić information content (AvgIpc) is 2.67. The van der Waals surface area contributed by atoms with Gasteiger partial charge in [0.25, 0.3) is 5.91 Å². The molecular weight excluding hydrogens is 324 g/mol. The maximum Gasteiger partial charge on any atom is 0.276 e. The van der Waals surface area contributed by atoms with Crippen molar-refractivity contribution in [2.75, 3.05) is 17.3 Å². The Morgan fingerprint density at radius 2 is 1.62 bits per heavy atom. The van der Waals surface area contributed by atoms with Gasteiger partial charge in [-0.15, -0.1) is 0 Å². The van der Waals surface area contributed by atoms with E-state index >= 15 is 0 Å². The van der Waals surface area contributed by atoms with E-state index in [-0.39, 0.29) is 11.9 Å². The molecule has 1 unspecified atom stereocenters. The van der Waals surface area contributed by atoms with Crippen LogP contribution in [0.3, 0.4) is 0 Å². The second-order valence-electron chi connectivity index (χ2n) is 6.16. The quantitative estimate of drug-likeness (QED) is 0.751. The molecule has 3 rings (SSSR count). The number of nitrogens with zero attached hydrogens (tertiary/aromatic N) is 3. The van der Waals surface area contributed by atoms with Crippen molar-refractivity contribution in [1.29, 1.82) is 0 Å². The SMILES string of the molecule is Cc1nc(NC(C)c2ccccc2)cc(C(=O)N(C)c2ccccc2)n1. The minimum Gasteiger partial charge on any atom is -0.363 e. The van der Waals surface area contributed by atoms with E-state index in [4.69, 9.17) is 0 Å². The van der Waals surface area contributed by atoms with Crippen molar-refractivity contribution < 1.29 is 4.79 Å². The summed E-state index contributed by atoms with van der Waals surface area (Å²) in [6.45, 7) is 3.85. The number of hydrogen-bond acceptors (Lipinski definition) is 4. The highest BCUT2D eigenvalue weighted by atomic mass is 16.2. The van der Waals surface area contributed by atoms with Gasteiger partial charge in [0.15, 0.2) is 0 Å². The number of amides is 1. The van der Waals surface area contributed by atoms with Gasteiger partial charge in [0.05, 0.1) is 0 Å². The molecule has 0 radical (unpaired) electrons. The molecule has 0 bridgehead atoms. The Morgan fingerprint density at radius 3 is 2.27 bits per heavy atom. The van der Waals surface area contributed by atoms with E-state index in [9.17, 15) is 4.79 Å². The lowest BCUT2D eigenvalue weighted by molar-refractivity contribution is 0.0988. The molecule has 2 aromatic carbocycles. The number of carbonyl (C=O) groups excluding carboxylic acids is 1. The van der Waals surface area contributed by atoms with Crippen molar-refractivity contribution in [2.24, 2.45) is 0 Å². The molecule has 0 saturated carbocycles. The monoisotopic (exact) mass is 346 g/mol. The first-order valence-electron chi connectivity index (χ1n) is 8.55. The lowest BCUT2D eigenvalue weighted by atomic mass is 10.1. The normalized spacial score (nSPS) is 11.7. The van der Waals surface area contributed by atoms with Gasteiger partial charge in [-0.05, 0) is 31.5 Å². The fourth-order valence-electron chi connectivity index (χ4n) is 2.74. The second-order valence-corrected chi connectivity index (χ2v) is 6.16. The fourth-order valence-corrected chi connectivity index (χ4v) is 2.74. The Labute approximate surface area is 153 Å². The van der Waals surface area contributed by atoms with Crippen LogP contribution in [0.25, 0.3) is 0 Å². The average molecular weight is 346 g/mol. The van der Waals surface area contributed by atoms with Gasteiger partial charge < -0.3 is 10.2 Å². The number of nitrogens with one attached hydrogen (secondary N) is 1. The van der Waals surface area contributed by atoms with E-state index in [0.717, 1.165) is 11.3 Å². The van der Waals surface area contributed by atoms with Crippen molar-refractivity contribution in [3.05, 3.63) is 83.8 Å². The summed E-state index contributed by atoms with van der Waals surface area (Å²) in [7, 11) is 1.74. The first-order valence-corrected chi connectivity index (χ1v) is 8.55. The van der Waals surface area contributed by atoms with Gasteiger partial charge in [-0.25, -0.2) is 9.97 Å². The van der Waals surface area contributed by atoms with Crippen LogP contribution in [0.1, 0.15) is 34.8 Å². The number of aromatic nitrogens is 2. The zero-order chi connectivity index (χ0) is 18.5. The summed E-state index contributed by atoms with van der Waals surface area (Å²) in [6, 6.07) is 21.4. The number of rotatable bonds is 5. The summed E-state index contributed by atoms with van der Waals surface area (Å²) in [4.78, 5) is 23.1. The molecule has 1 atom stereocenters. The minimum absolute atomic E-state index is 0.0697. The first-order chi connectivity index (χ1) is 12.5. The molecule has 3 aromatic rings. The van der Waals surface area contributed by atoms with Gasteiger partial charge in [0, 0.05) is 24.8 Å². The Kier molecular flexibility index (Phi) is 5.27. The predicted molar refractivity (Wildman–Crippen MR) is 104 cm³/mol. The van der Waals surface area contributed by atoms with Gasteiger partial charge in [0.1, 0.15) is 17.3 Å². The highest BCUT2D eigenvalue weighted by Gasteiger charge is 2.17. The van der Waals surface area contributed by atoms with Gasteiger partial charge in [0.2, 0.25) is 0 Å².